The second kappa shape index (κ2) is 9.94. The zero-order valence-electron chi connectivity index (χ0n) is 18.0. The van der Waals surface area contributed by atoms with Crippen molar-refractivity contribution in [3.05, 3.63) is 34.6 Å². The van der Waals surface area contributed by atoms with Crippen LogP contribution in [0.1, 0.15) is 12.8 Å². The van der Waals surface area contributed by atoms with Gasteiger partial charge in [-0.25, -0.2) is 9.78 Å². The SMILES string of the molecule is Cl.NC(=O)N1CCN(c2nc(N[C@@H]3CCCNC3)c(-c3nc4ccccc4s3)c(=O)[nH]2)CC1. The normalized spacial score (nSPS) is 18.7. The molecular formula is C21H27ClN8O2S. The fourth-order valence-corrected chi connectivity index (χ4v) is 5.21. The summed E-state index contributed by atoms with van der Waals surface area (Å²) in [6.45, 7) is 3.91. The first-order valence-electron chi connectivity index (χ1n) is 10.9. The average Bonchev–Trinajstić information content (AvgIpc) is 3.23. The van der Waals surface area contributed by atoms with Crippen LogP contribution in [0, 0.1) is 0 Å². The molecule has 0 saturated carbocycles. The van der Waals surface area contributed by atoms with Crippen LogP contribution >= 0.6 is 23.7 Å². The standard InChI is InChI=1S/C21H26N8O2S.ClH/c22-20(31)28-8-10-29(11-9-28)21-26-17(24-13-4-3-7-23-12-13)16(18(30)27-21)19-25-14-5-1-2-6-15(14)32-19;/h1-2,5-6,13,23H,3-4,7-12H2,(H2,22,31)(H2,24,26,27,30);1H/t13-;/m1./s1. The van der Waals surface area contributed by atoms with E-state index >= 15 is 0 Å². The Morgan fingerprint density at radius 1 is 1.18 bits per heavy atom. The summed E-state index contributed by atoms with van der Waals surface area (Å²) >= 11 is 1.49. The number of hydrogen-bond acceptors (Lipinski definition) is 8. The van der Waals surface area contributed by atoms with E-state index in [0.29, 0.717) is 48.5 Å². The van der Waals surface area contributed by atoms with Crippen LogP contribution in [-0.4, -0.2) is 71.2 Å². The van der Waals surface area contributed by atoms with E-state index < -0.39 is 6.03 Å². The van der Waals surface area contributed by atoms with Gasteiger partial charge in [0, 0.05) is 38.8 Å². The summed E-state index contributed by atoms with van der Waals surface area (Å²) in [7, 11) is 0. The number of piperidine rings is 1. The smallest absolute Gasteiger partial charge is 0.314 e. The fraction of sp³-hybridized carbons (Fsp3) is 0.429. The van der Waals surface area contributed by atoms with Crippen molar-refractivity contribution in [1.82, 2.24) is 25.2 Å². The first kappa shape index (κ1) is 23.3. The number of primary amides is 1. The average molecular weight is 491 g/mol. The number of aromatic nitrogens is 3. The number of aromatic amines is 1. The number of nitrogens with zero attached hydrogens (tertiary/aromatic N) is 4. The summed E-state index contributed by atoms with van der Waals surface area (Å²) in [4.78, 5) is 40.8. The number of fused-ring (bicyclic) bond motifs is 1. The summed E-state index contributed by atoms with van der Waals surface area (Å²) in [5.41, 5.74) is 6.50. The molecular weight excluding hydrogens is 464 g/mol. The van der Waals surface area contributed by atoms with Crippen molar-refractivity contribution in [2.24, 2.45) is 5.73 Å². The molecule has 2 amide bonds. The first-order valence-corrected chi connectivity index (χ1v) is 11.7. The highest BCUT2D eigenvalue weighted by atomic mass is 35.5. The second-order valence-corrected chi connectivity index (χ2v) is 9.13. The summed E-state index contributed by atoms with van der Waals surface area (Å²) in [6.07, 6.45) is 2.08. The van der Waals surface area contributed by atoms with Crippen molar-refractivity contribution in [3.8, 4) is 10.6 Å². The van der Waals surface area contributed by atoms with Gasteiger partial charge in [-0.2, -0.15) is 4.98 Å². The van der Waals surface area contributed by atoms with Crippen LogP contribution in [0.15, 0.2) is 29.1 Å². The van der Waals surface area contributed by atoms with E-state index in [-0.39, 0.29) is 24.0 Å². The first-order chi connectivity index (χ1) is 15.6. The van der Waals surface area contributed by atoms with Gasteiger partial charge in [0.15, 0.2) is 0 Å². The number of benzene rings is 1. The number of piperazine rings is 1. The summed E-state index contributed by atoms with van der Waals surface area (Å²) < 4.78 is 1.03. The van der Waals surface area contributed by atoms with Crippen molar-refractivity contribution in [1.29, 1.82) is 0 Å². The lowest BCUT2D eigenvalue weighted by molar-refractivity contribution is 0.204. The molecule has 0 unspecified atom stereocenters. The zero-order chi connectivity index (χ0) is 22.1. The molecule has 2 fully saturated rings. The number of urea groups is 1. The number of hydrogen-bond donors (Lipinski definition) is 4. The van der Waals surface area contributed by atoms with Crippen molar-refractivity contribution >= 4 is 51.8 Å². The predicted octanol–water partition coefficient (Wildman–Crippen LogP) is 1.83. The van der Waals surface area contributed by atoms with Crippen LogP contribution in [0.5, 0.6) is 0 Å². The summed E-state index contributed by atoms with van der Waals surface area (Å²) in [6, 6.07) is 7.62. The van der Waals surface area contributed by atoms with Gasteiger partial charge in [0.05, 0.1) is 10.2 Å². The summed E-state index contributed by atoms with van der Waals surface area (Å²) in [5, 5.41) is 7.55. The fourth-order valence-electron chi connectivity index (χ4n) is 4.20. The van der Waals surface area contributed by atoms with Crippen LogP contribution in [0.3, 0.4) is 0 Å². The van der Waals surface area contributed by atoms with Crippen molar-refractivity contribution in [2.75, 3.05) is 49.5 Å². The largest absolute Gasteiger partial charge is 0.365 e. The molecule has 5 rings (SSSR count). The quantitative estimate of drug-likeness (QED) is 0.438. The number of anilines is 2. The molecule has 2 aliphatic rings. The number of nitrogens with two attached hydrogens (primary N) is 1. The maximum atomic E-state index is 13.3. The van der Waals surface area contributed by atoms with Crippen LogP contribution in [0.25, 0.3) is 20.8 Å². The third-order valence-corrected chi connectivity index (χ3v) is 7.00. The lowest BCUT2D eigenvalue weighted by atomic mass is 10.1. The van der Waals surface area contributed by atoms with E-state index in [1.54, 1.807) is 4.90 Å². The van der Waals surface area contributed by atoms with Gasteiger partial charge in [0.1, 0.15) is 16.4 Å². The number of amides is 2. The van der Waals surface area contributed by atoms with Gasteiger partial charge < -0.3 is 26.2 Å². The minimum absolute atomic E-state index is 0. The van der Waals surface area contributed by atoms with Crippen molar-refractivity contribution in [3.63, 3.8) is 0 Å². The molecule has 0 aliphatic carbocycles. The molecule has 3 aromatic rings. The van der Waals surface area contributed by atoms with Gasteiger partial charge in [-0.05, 0) is 31.5 Å². The minimum Gasteiger partial charge on any atom is -0.365 e. The molecule has 2 aliphatic heterocycles. The van der Waals surface area contributed by atoms with E-state index in [1.807, 2.05) is 29.2 Å². The molecule has 33 heavy (non-hydrogen) atoms. The molecule has 4 heterocycles. The molecule has 2 saturated heterocycles. The lowest BCUT2D eigenvalue weighted by Crippen LogP contribution is -2.51. The second-order valence-electron chi connectivity index (χ2n) is 8.10. The van der Waals surface area contributed by atoms with E-state index in [9.17, 15) is 9.59 Å². The van der Waals surface area contributed by atoms with Gasteiger partial charge in [0.25, 0.3) is 5.56 Å². The Labute approximate surface area is 201 Å². The molecule has 176 valence electrons. The highest BCUT2D eigenvalue weighted by molar-refractivity contribution is 7.21. The van der Waals surface area contributed by atoms with Crippen molar-refractivity contribution < 1.29 is 4.79 Å². The van der Waals surface area contributed by atoms with E-state index in [2.05, 4.69) is 15.6 Å². The van der Waals surface area contributed by atoms with Gasteiger partial charge in [0.2, 0.25) is 5.95 Å². The third-order valence-electron chi connectivity index (χ3n) is 5.94. The number of carbonyl (C=O) groups excluding carboxylic acids is 1. The Balaban J connectivity index is 0.00000259. The third kappa shape index (κ3) is 4.90. The Morgan fingerprint density at radius 2 is 1.97 bits per heavy atom. The van der Waals surface area contributed by atoms with Crippen molar-refractivity contribution in [2.45, 2.75) is 18.9 Å². The Kier molecular flexibility index (Phi) is 7.01. The predicted molar refractivity (Wildman–Crippen MR) is 134 cm³/mol. The topological polar surface area (TPSA) is 132 Å². The van der Waals surface area contributed by atoms with Crippen LogP contribution in [0.4, 0.5) is 16.6 Å². The monoisotopic (exact) mass is 490 g/mol. The number of thiazole rings is 1. The van der Waals surface area contributed by atoms with Crippen LogP contribution in [-0.2, 0) is 0 Å². The van der Waals surface area contributed by atoms with Crippen LogP contribution < -0.4 is 26.8 Å². The lowest BCUT2D eigenvalue weighted by Gasteiger charge is -2.34. The number of H-pyrrole nitrogens is 1. The molecule has 2 aromatic heterocycles. The van der Waals surface area contributed by atoms with E-state index in [4.69, 9.17) is 15.7 Å². The zero-order valence-corrected chi connectivity index (χ0v) is 19.7. The Bertz CT molecular complexity index is 1150. The maximum Gasteiger partial charge on any atom is 0.314 e. The van der Waals surface area contributed by atoms with Gasteiger partial charge in [-0.3, -0.25) is 9.78 Å². The number of nitrogens with one attached hydrogen (secondary N) is 3. The Morgan fingerprint density at radius 3 is 2.67 bits per heavy atom. The van der Waals surface area contributed by atoms with Crippen LogP contribution in [0.2, 0.25) is 0 Å². The van der Waals surface area contributed by atoms with Gasteiger partial charge in [-0.1, -0.05) is 12.1 Å². The molecule has 5 N–H and O–H groups in total. The molecule has 0 spiro atoms. The number of rotatable bonds is 4. The summed E-state index contributed by atoms with van der Waals surface area (Å²) in [5.74, 6) is 1.05. The molecule has 12 heteroatoms. The maximum absolute atomic E-state index is 13.3. The molecule has 1 aromatic carbocycles. The molecule has 0 bridgehead atoms. The number of halogens is 1. The van der Waals surface area contributed by atoms with Gasteiger partial charge in [-0.15, -0.1) is 23.7 Å². The molecule has 0 radical (unpaired) electrons. The highest BCUT2D eigenvalue weighted by Gasteiger charge is 2.25. The number of para-hydroxylation sites is 1. The Hall–Kier alpha value is -2.89. The van der Waals surface area contributed by atoms with Gasteiger partial charge >= 0.3 is 6.03 Å². The molecule has 1 atom stereocenters. The molecule has 10 nitrogen and oxygen atoms in total. The highest BCUT2D eigenvalue weighted by Crippen LogP contribution is 2.32. The van der Waals surface area contributed by atoms with E-state index in [0.717, 1.165) is 36.1 Å². The van der Waals surface area contributed by atoms with E-state index in [1.165, 1.54) is 11.3 Å². The minimum atomic E-state index is -0.426. The number of carbonyl (C=O) groups is 1.